The first-order valence-electron chi connectivity index (χ1n) is 6.08. The van der Waals surface area contributed by atoms with Gasteiger partial charge < -0.3 is 16.2 Å². The monoisotopic (exact) mass is 225 g/mol. The predicted octanol–water partition coefficient (Wildman–Crippen LogP) is 1.41. The fourth-order valence-electron chi connectivity index (χ4n) is 1.89. The van der Waals surface area contributed by atoms with Gasteiger partial charge in [0.25, 0.3) is 0 Å². The summed E-state index contributed by atoms with van der Waals surface area (Å²) in [6, 6.07) is 0. The molecular weight excluding hydrogens is 202 g/mol. The first kappa shape index (κ1) is 13.0. The van der Waals surface area contributed by atoms with Crippen molar-refractivity contribution in [2.45, 2.75) is 32.1 Å². The Morgan fingerprint density at radius 1 is 1.31 bits per heavy atom. The molecular formula is C12H23N3O. The molecule has 1 saturated heterocycles. The molecule has 0 aromatic carbocycles. The van der Waals surface area contributed by atoms with Gasteiger partial charge in [-0.3, -0.25) is 4.99 Å². The number of nitrogens with zero attached hydrogens (tertiary/aromatic N) is 1. The number of rotatable bonds is 4. The van der Waals surface area contributed by atoms with Crippen LogP contribution in [0, 0.1) is 5.92 Å². The molecule has 1 fully saturated rings. The van der Waals surface area contributed by atoms with Gasteiger partial charge in [0.1, 0.15) is 0 Å². The molecule has 0 aliphatic carbocycles. The van der Waals surface area contributed by atoms with Gasteiger partial charge in [-0.1, -0.05) is 12.8 Å². The Labute approximate surface area is 97.7 Å². The van der Waals surface area contributed by atoms with Crippen molar-refractivity contribution >= 4 is 6.21 Å². The molecule has 1 atom stereocenters. The lowest BCUT2D eigenvalue weighted by Crippen LogP contribution is -2.11. The summed E-state index contributed by atoms with van der Waals surface area (Å²) in [5.74, 6) is 0.750. The van der Waals surface area contributed by atoms with Crippen LogP contribution in [0.15, 0.2) is 16.9 Å². The van der Waals surface area contributed by atoms with Crippen LogP contribution < -0.4 is 11.5 Å². The molecule has 0 spiro atoms. The molecule has 0 saturated carbocycles. The molecule has 0 aromatic rings. The number of ether oxygens (including phenoxy) is 1. The molecule has 0 amide bonds. The second-order valence-electron chi connectivity index (χ2n) is 4.25. The molecule has 4 N–H and O–H groups in total. The van der Waals surface area contributed by atoms with Crippen molar-refractivity contribution in [3.8, 4) is 0 Å². The van der Waals surface area contributed by atoms with Crippen molar-refractivity contribution in [1.29, 1.82) is 0 Å². The highest BCUT2D eigenvalue weighted by Crippen LogP contribution is 2.19. The lowest BCUT2D eigenvalue weighted by Gasteiger charge is -2.18. The van der Waals surface area contributed by atoms with E-state index in [4.69, 9.17) is 16.2 Å². The summed E-state index contributed by atoms with van der Waals surface area (Å²) in [7, 11) is 0. The summed E-state index contributed by atoms with van der Waals surface area (Å²) in [6.07, 6.45) is 9.07. The first-order valence-corrected chi connectivity index (χ1v) is 6.08. The third-order valence-corrected chi connectivity index (χ3v) is 2.92. The molecule has 4 heteroatoms. The van der Waals surface area contributed by atoms with Crippen molar-refractivity contribution in [2.75, 3.05) is 19.8 Å². The molecule has 1 rings (SSSR count). The van der Waals surface area contributed by atoms with Crippen LogP contribution in [0.3, 0.4) is 0 Å². The zero-order valence-corrected chi connectivity index (χ0v) is 9.90. The zero-order chi connectivity index (χ0) is 11.6. The maximum Gasteiger partial charge on any atom is 0.0652 e. The van der Waals surface area contributed by atoms with E-state index in [1.165, 1.54) is 25.5 Å². The van der Waals surface area contributed by atoms with Gasteiger partial charge in [-0.05, 0) is 25.2 Å². The summed E-state index contributed by atoms with van der Waals surface area (Å²) < 4.78 is 5.48. The fraction of sp³-hybridized carbons (Fsp3) is 0.750. The second-order valence-corrected chi connectivity index (χ2v) is 4.25. The van der Waals surface area contributed by atoms with Gasteiger partial charge in [-0.2, -0.15) is 0 Å². The molecule has 16 heavy (non-hydrogen) atoms. The summed E-state index contributed by atoms with van der Waals surface area (Å²) in [5.41, 5.74) is 11.3. The quantitative estimate of drug-likeness (QED) is 0.710. The zero-order valence-electron chi connectivity index (χ0n) is 9.90. The standard InChI is InChI=1S/C12H23N3O/c13-9-12(14)10-15-6-4-11-3-1-2-7-16-8-5-11/h9-11H,1-8,13-14H2. The fourth-order valence-corrected chi connectivity index (χ4v) is 1.89. The Morgan fingerprint density at radius 3 is 3.00 bits per heavy atom. The van der Waals surface area contributed by atoms with E-state index in [9.17, 15) is 0 Å². The van der Waals surface area contributed by atoms with E-state index >= 15 is 0 Å². The molecule has 92 valence electrons. The SMILES string of the molecule is NC=C(N)C=NCCC1CCCCOCC1. The van der Waals surface area contributed by atoms with E-state index < -0.39 is 0 Å². The highest BCUT2D eigenvalue weighted by atomic mass is 16.5. The van der Waals surface area contributed by atoms with Crippen molar-refractivity contribution < 1.29 is 4.74 Å². The van der Waals surface area contributed by atoms with E-state index in [2.05, 4.69) is 4.99 Å². The Hall–Kier alpha value is -1.03. The molecule has 0 aromatic heterocycles. The number of hydrogen-bond acceptors (Lipinski definition) is 4. The van der Waals surface area contributed by atoms with E-state index in [0.29, 0.717) is 5.70 Å². The van der Waals surface area contributed by atoms with Crippen molar-refractivity contribution in [2.24, 2.45) is 22.4 Å². The van der Waals surface area contributed by atoms with Gasteiger partial charge in [0.15, 0.2) is 0 Å². The molecule has 4 nitrogen and oxygen atoms in total. The number of nitrogens with two attached hydrogens (primary N) is 2. The molecule has 0 radical (unpaired) electrons. The van der Waals surface area contributed by atoms with E-state index in [1.807, 2.05) is 0 Å². The maximum absolute atomic E-state index is 5.50. The van der Waals surface area contributed by atoms with E-state index in [0.717, 1.165) is 38.5 Å². The Bertz CT molecular complexity index is 230. The molecule has 0 bridgehead atoms. The Kier molecular flexibility index (Phi) is 6.65. The van der Waals surface area contributed by atoms with E-state index in [1.54, 1.807) is 6.21 Å². The van der Waals surface area contributed by atoms with Crippen LogP contribution in [0.4, 0.5) is 0 Å². The van der Waals surface area contributed by atoms with Gasteiger partial charge in [0, 0.05) is 32.2 Å². The van der Waals surface area contributed by atoms with Crippen LogP contribution in [0.25, 0.3) is 0 Å². The van der Waals surface area contributed by atoms with Crippen molar-refractivity contribution in [1.82, 2.24) is 0 Å². The summed E-state index contributed by atoms with van der Waals surface area (Å²) in [4.78, 5) is 4.25. The van der Waals surface area contributed by atoms with Crippen molar-refractivity contribution in [3.63, 3.8) is 0 Å². The van der Waals surface area contributed by atoms with Crippen molar-refractivity contribution in [3.05, 3.63) is 11.9 Å². The maximum atomic E-state index is 5.50. The Balaban J connectivity index is 2.17. The predicted molar refractivity (Wildman–Crippen MR) is 67.2 cm³/mol. The topological polar surface area (TPSA) is 73.6 Å². The molecule has 1 unspecified atom stereocenters. The average Bonchev–Trinajstić information content (AvgIpc) is 2.26. The highest BCUT2D eigenvalue weighted by Gasteiger charge is 2.10. The Morgan fingerprint density at radius 2 is 2.19 bits per heavy atom. The smallest absolute Gasteiger partial charge is 0.0652 e. The van der Waals surface area contributed by atoms with E-state index in [-0.39, 0.29) is 0 Å². The second kappa shape index (κ2) is 8.16. The average molecular weight is 225 g/mol. The minimum atomic E-state index is 0.529. The van der Waals surface area contributed by atoms with Crippen LogP contribution in [0.1, 0.15) is 32.1 Å². The van der Waals surface area contributed by atoms with Crippen LogP contribution >= 0.6 is 0 Å². The number of allylic oxidation sites excluding steroid dienone is 1. The van der Waals surface area contributed by atoms with Gasteiger partial charge >= 0.3 is 0 Å². The van der Waals surface area contributed by atoms with Crippen LogP contribution in [0.2, 0.25) is 0 Å². The largest absolute Gasteiger partial charge is 0.403 e. The van der Waals surface area contributed by atoms with Crippen LogP contribution in [-0.4, -0.2) is 26.0 Å². The number of hydrogen-bond donors (Lipinski definition) is 2. The summed E-state index contributed by atoms with van der Waals surface area (Å²) in [6.45, 7) is 2.67. The van der Waals surface area contributed by atoms with Crippen LogP contribution in [-0.2, 0) is 4.74 Å². The lowest BCUT2D eigenvalue weighted by atomic mass is 9.94. The van der Waals surface area contributed by atoms with Gasteiger partial charge in [-0.15, -0.1) is 0 Å². The highest BCUT2D eigenvalue weighted by molar-refractivity contribution is 5.76. The van der Waals surface area contributed by atoms with Gasteiger partial charge in [-0.25, -0.2) is 0 Å². The lowest BCUT2D eigenvalue weighted by molar-refractivity contribution is 0.0989. The third kappa shape index (κ3) is 5.75. The summed E-state index contributed by atoms with van der Waals surface area (Å²) in [5, 5.41) is 0. The van der Waals surface area contributed by atoms with Gasteiger partial charge in [0.05, 0.1) is 5.70 Å². The molecule has 1 heterocycles. The molecule has 1 aliphatic rings. The summed E-state index contributed by atoms with van der Waals surface area (Å²) >= 11 is 0. The third-order valence-electron chi connectivity index (χ3n) is 2.92. The minimum absolute atomic E-state index is 0.529. The van der Waals surface area contributed by atoms with Crippen LogP contribution in [0.5, 0.6) is 0 Å². The minimum Gasteiger partial charge on any atom is -0.403 e. The number of aliphatic imine (C=N–C) groups is 1. The normalized spacial score (nSPS) is 24.2. The first-order chi connectivity index (χ1) is 7.83. The molecule has 1 aliphatic heterocycles. The van der Waals surface area contributed by atoms with Gasteiger partial charge in [0.2, 0.25) is 0 Å².